The number of thiophene rings is 1. The highest BCUT2D eigenvalue weighted by atomic mass is 32.1. The van der Waals surface area contributed by atoms with Crippen LogP contribution in [0, 0.1) is 12.7 Å². The highest BCUT2D eigenvalue weighted by Crippen LogP contribution is 2.22. The maximum Gasteiger partial charge on any atom is 0.276 e. The van der Waals surface area contributed by atoms with Crippen LogP contribution in [0.2, 0.25) is 0 Å². The monoisotopic (exact) mass is 371 g/mol. The minimum absolute atomic E-state index is 0.185. The largest absolute Gasteiger partial charge is 0.343 e. The van der Waals surface area contributed by atoms with Crippen molar-refractivity contribution < 1.29 is 9.18 Å². The van der Waals surface area contributed by atoms with E-state index in [0.29, 0.717) is 12.1 Å². The molecule has 0 radical (unpaired) electrons. The normalized spacial score (nSPS) is 12.0. The number of hydrogen-bond acceptors (Lipinski definition) is 4. The van der Waals surface area contributed by atoms with Crippen LogP contribution in [0.15, 0.2) is 52.6 Å². The van der Waals surface area contributed by atoms with Gasteiger partial charge in [0, 0.05) is 16.6 Å². The molecule has 1 atom stereocenters. The van der Waals surface area contributed by atoms with Gasteiger partial charge in [-0.2, -0.15) is 5.10 Å². The number of para-hydroxylation sites is 1. The van der Waals surface area contributed by atoms with Crippen molar-refractivity contribution in [2.45, 2.75) is 26.3 Å². The van der Waals surface area contributed by atoms with Gasteiger partial charge >= 0.3 is 0 Å². The summed E-state index contributed by atoms with van der Waals surface area (Å²) in [6.45, 7) is 3.59. The van der Waals surface area contributed by atoms with E-state index in [1.54, 1.807) is 25.1 Å². The zero-order chi connectivity index (χ0) is 18.7. The summed E-state index contributed by atoms with van der Waals surface area (Å²) in [4.78, 5) is 25.9. The van der Waals surface area contributed by atoms with Crippen molar-refractivity contribution in [1.82, 2.24) is 15.1 Å². The van der Waals surface area contributed by atoms with E-state index in [-0.39, 0.29) is 17.4 Å². The van der Waals surface area contributed by atoms with Crippen molar-refractivity contribution >= 4 is 17.2 Å². The Balaban J connectivity index is 1.97. The molecule has 1 amide bonds. The fourth-order valence-electron chi connectivity index (χ4n) is 2.66. The van der Waals surface area contributed by atoms with Crippen LogP contribution >= 0.6 is 11.3 Å². The van der Waals surface area contributed by atoms with E-state index in [4.69, 9.17) is 0 Å². The van der Waals surface area contributed by atoms with E-state index >= 15 is 0 Å². The second-order valence-corrected chi connectivity index (χ2v) is 6.79. The molecule has 0 spiro atoms. The van der Waals surface area contributed by atoms with Crippen molar-refractivity contribution in [1.29, 1.82) is 0 Å². The van der Waals surface area contributed by atoms with E-state index < -0.39 is 17.2 Å². The number of nitrogens with zero attached hydrogens (tertiary/aromatic N) is 2. The summed E-state index contributed by atoms with van der Waals surface area (Å²) >= 11 is 1.53. The van der Waals surface area contributed by atoms with E-state index in [2.05, 4.69) is 10.4 Å². The Bertz CT molecular complexity index is 983. The molecule has 1 aromatic carbocycles. The standard InChI is InChI=1S/C19H18FN3O2S/c1-3-14(17-9-6-10-26-17)21-19(25)18-16(24)11-12(2)23(22-18)15-8-5-4-7-13(15)20/h4-11,14H,3H2,1-2H3,(H,21,25). The Kier molecular flexibility index (Phi) is 5.27. The Hall–Kier alpha value is -2.80. The molecule has 26 heavy (non-hydrogen) atoms. The number of hydrogen-bond donors (Lipinski definition) is 1. The minimum atomic E-state index is -0.569. The predicted molar refractivity (Wildman–Crippen MR) is 99.3 cm³/mol. The number of carbonyl (C=O) groups excluding carboxylic acids is 1. The number of nitrogens with one attached hydrogen (secondary N) is 1. The van der Waals surface area contributed by atoms with E-state index in [1.165, 1.54) is 28.2 Å². The molecule has 1 unspecified atom stereocenters. The van der Waals surface area contributed by atoms with Gasteiger partial charge in [-0.05, 0) is 36.9 Å². The summed E-state index contributed by atoms with van der Waals surface area (Å²) in [7, 11) is 0. The average Bonchev–Trinajstić information content (AvgIpc) is 3.15. The van der Waals surface area contributed by atoms with Crippen LogP contribution in [0.4, 0.5) is 4.39 Å². The van der Waals surface area contributed by atoms with E-state index in [0.717, 1.165) is 4.88 Å². The van der Waals surface area contributed by atoms with Crippen LogP contribution in [0.5, 0.6) is 0 Å². The van der Waals surface area contributed by atoms with Crippen LogP contribution in [0.3, 0.4) is 0 Å². The molecule has 0 aliphatic heterocycles. The van der Waals surface area contributed by atoms with Crippen molar-refractivity contribution in [2.24, 2.45) is 0 Å². The Morgan fingerprint density at radius 3 is 2.73 bits per heavy atom. The quantitative estimate of drug-likeness (QED) is 0.745. The fraction of sp³-hybridized carbons (Fsp3) is 0.211. The maximum atomic E-state index is 14.1. The number of amides is 1. The summed E-state index contributed by atoms with van der Waals surface area (Å²) in [5, 5.41) is 8.90. The zero-order valence-corrected chi connectivity index (χ0v) is 15.2. The second-order valence-electron chi connectivity index (χ2n) is 5.81. The van der Waals surface area contributed by atoms with E-state index in [1.807, 2.05) is 24.4 Å². The molecule has 2 heterocycles. The van der Waals surface area contributed by atoms with Gasteiger partial charge < -0.3 is 5.32 Å². The molecule has 1 N–H and O–H groups in total. The highest BCUT2D eigenvalue weighted by molar-refractivity contribution is 7.10. The van der Waals surface area contributed by atoms with Crippen LogP contribution in [0.25, 0.3) is 5.69 Å². The van der Waals surface area contributed by atoms with Gasteiger partial charge in [0.2, 0.25) is 5.43 Å². The van der Waals surface area contributed by atoms with Crippen LogP contribution in [-0.4, -0.2) is 15.7 Å². The molecular formula is C19H18FN3O2S. The van der Waals surface area contributed by atoms with Crippen molar-refractivity contribution in [2.75, 3.05) is 0 Å². The zero-order valence-electron chi connectivity index (χ0n) is 14.4. The first-order valence-corrected chi connectivity index (χ1v) is 9.09. The molecule has 134 valence electrons. The lowest BCUT2D eigenvalue weighted by atomic mass is 10.2. The Morgan fingerprint density at radius 1 is 1.31 bits per heavy atom. The molecular weight excluding hydrogens is 353 g/mol. The molecule has 0 saturated carbocycles. The third-order valence-electron chi connectivity index (χ3n) is 4.00. The molecule has 3 rings (SSSR count). The smallest absolute Gasteiger partial charge is 0.276 e. The van der Waals surface area contributed by atoms with Gasteiger partial charge in [-0.15, -0.1) is 11.3 Å². The topological polar surface area (TPSA) is 64.0 Å². The number of halogens is 1. The Labute approximate surface area is 154 Å². The van der Waals surface area contributed by atoms with Gasteiger partial charge in [-0.1, -0.05) is 25.1 Å². The third kappa shape index (κ3) is 3.57. The van der Waals surface area contributed by atoms with Gasteiger partial charge in [0.15, 0.2) is 5.69 Å². The van der Waals surface area contributed by atoms with Gasteiger partial charge in [0.05, 0.1) is 6.04 Å². The molecule has 5 nitrogen and oxygen atoms in total. The third-order valence-corrected chi connectivity index (χ3v) is 4.99. The van der Waals surface area contributed by atoms with Gasteiger partial charge in [-0.25, -0.2) is 9.07 Å². The first-order chi connectivity index (χ1) is 12.5. The first kappa shape index (κ1) is 18.0. The molecule has 0 saturated heterocycles. The van der Waals surface area contributed by atoms with Crippen LogP contribution < -0.4 is 10.7 Å². The number of aromatic nitrogens is 2. The summed E-state index contributed by atoms with van der Waals surface area (Å²) in [5.74, 6) is -1.05. The second kappa shape index (κ2) is 7.61. The first-order valence-electron chi connectivity index (χ1n) is 8.21. The highest BCUT2D eigenvalue weighted by Gasteiger charge is 2.20. The number of benzene rings is 1. The molecule has 0 bridgehead atoms. The van der Waals surface area contributed by atoms with Crippen molar-refractivity contribution in [3.63, 3.8) is 0 Å². The van der Waals surface area contributed by atoms with Crippen LogP contribution in [-0.2, 0) is 0 Å². The Morgan fingerprint density at radius 2 is 2.08 bits per heavy atom. The molecule has 0 fully saturated rings. The predicted octanol–water partition coefficient (Wildman–Crippen LogP) is 3.62. The molecule has 2 aromatic heterocycles. The van der Waals surface area contributed by atoms with Gasteiger partial charge in [0.1, 0.15) is 11.5 Å². The summed E-state index contributed by atoms with van der Waals surface area (Å²) in [6.07, 6.45) is 0.680. The molecule has 7 heteroatoms. The average molecular weight is 371 g/mol. The number of aryl methyl sites for hydroxylation is 1. The number of rotatable bonds is 5. The lowest BCUT2D eigenvalue weighted by Crippen LogP contribution is -2.34. The summed E-state index contributed by atoms with van der Waals surface area (Å²) in [5.41, 5.74) is -0.117. The van der Waals surface area contributed by atoms with Crippen molar-refractivity contribution in [3.05, 3.63) is 80.2 Å². The molecule has 3 aromatic rings. The van der Waals surface area contributed by atoms with Crippen molar-refractivity contribution in [3.8, 4) is 5.69 Å². The SMILES string of the molecule is CCC(NC(=O)c1nn(-c2ccccc2F)c(C)cc1=O)c1cccs1. The summed E-state index contributed by atoms with van der Waals surface area (Å²) in [6, 6.07) is 11.0. The van der Waals surface area contributed by atoms with Gasteiger partial charge in [0.25, 0.3) is 5.91 Å². The lowest BCUT2D eigenvalue weighted by molar-refractivity contribution is 0.0928. The fourth-order valence-corrected chi connectivity index (χ4v) is 3.52. The van der Waals surface area contributed by atoms with Gasteiger partial charge in [-0.3, -0.25) is 9.59 Å². The lowest BCUT2D eigenvalue weighted by Gasteiger charge is -2.16. The van der Waals surface area contributed by atoms with Crippen LogP contribution in [0.1, 0.15) is 40.4 Å². The molecule has 0 aliphatic rings. The molecule has 0 aliphatic carbocycles. The summed E-state index contributed by atoms with van der Waals surface area (Å²) < 4.78 is 15.4. The number of carbonyl (C=O) groups is 1. The van der Waals surface area contributed by atoms with E-state index in [9.17, 15) is 14.0 Å². The maximum absolute atomic E-state index is 14.1. The minimum Gasteiger partial charge on any atom is -0.343 e.